The number of likely N-dealkylation sites (tertiary alicyclic amines) is 1. The Bertz CT molecular complexity index is 157. The van der Waals surface area contributed by atoms with Crippen LogP contribution in [-0.2, 0) is 0 Å². The van der Waals surface area contributed by atoms with E-state index in [0.29, 0.717) is 0 Å². The lowest BCUT2D eigenvalue weighted by Crippen LogP contribution is -2.58. The van der Waals surface area contributed by atoms with Gasteiger partial charge in [0.1, 0.15) is 0 Å². The number of hydrogen-bond acceptors (Lipinski definition) is 2. The molecule has 0 unspecified atom stereocenters. The summed E-state index contributed by atoms with van der Waals surface area (Å²) in [5.41, 5.74) is 0. The largest absolute Gasteiger partial charge is 0.393 e. The van der Waals surface area contributed by atoms with E-state index in [0.717, 1.165) is 30.7 Å². The third kappa shape index (κ3) is 1.38. The predicted molar refractivity (Wildman–Crippen MR) is 48.9 cm³/mol. The highest BCUT2D eigenvalue weighted by atomic mass is 16.3. The summed E-state index contributed by atoms with van der Waals surface area (Å²) in [6, 6.07) is 0.718. The van der Waals surface area contributed by atoms with Gasteiger partial charge in [0.15, 0.2) is 0 Å². The Labute approximate surface area is 74.6 Å². The van der Waals surface area contributed by atoms with E-state index < -0.39 is 0 Å². The van der Waals surface area contributed by atoms with Gasteiger partial charge < -0.3 is 5.11 Å². The van der Waals surface area contributed by atoms with E-state index >= 15 is 0 Å². The molecular weight excluding hydrogens is 150 g/mol. The van der Waals surface area contributed by atoms with Crippen LogP contribution in [0.1, 0.15) is 26.7 Å². The number of aliphatic hydroxyl groups is 1. The van der Waals surface area contributed by atoms with Gasteiger partial charge in [-0.25, -0.2) is 0 Å². The Morgan fingerprint density at radius 1 is 1.25 bits per heavy atom. The van der Waals surface area contributed by atoms with Crippen LogP contribution in [0.15, 0.2) is 0 Å². The standard InChI is InChI=1S/C10H19NO/c1-7(2)8-5-11(6-8)9-3-10(12)4-9/h7-10,12H,3-6H2,1-2H3. The quantitative estimate of drug-likeness (QED) is 0.669. The van der Waals surface area contributed by atoms with Crippen molar-refractivity contribution in [3.05, 3.63) is 0 Å². The van der Waals surface area contributed by atoms with Crippen molar-refractivity contribution in [3.8, 4) is 0 Å². The van der Waals surface area contributed by atoms with E-state index in [1.165, 1.54) is 13.1 Å². The van der Waals surface area contributed by atoms with Gasteiger partial charge >= 0.3 is 0 Å². The van der Waals surface area contributed by atoms with Crippen molar-refractivity contribution in [2.45, 2.75) is 38.8 Å². The van der Waals surface area contributed by atoms with Crippen LogP contribution in [0.4, 0.5) is 0 Å². The molecule has 0 aromatic carbocycles. The second-order valence-electron chi connectivity index (χ2n) is 4.74. The molecule has 0 radical (unpaired) electrons. The fourth-order valence-corrected chi connectivity index (χ4v) is 2.13. The van der Waals surface area contributed by atoms with Gasteiger partial charge in [0, 0.05) is 19.1 Å². The number of aliphatic hydroxyl groups excluding tert-OH is 1. The normalized spacial score (nSPS) is 38.0. The van der Waals surface area contributed by atoms with Crippen LogP contribution in [0, 0.1) is 11.8 Å². The molecule has 2 aliphatic rings. The molecule has 1 N–H and O–H groups in total. The molecule has 0 bridgehead atoms. The monoisotopic (exact) mass is 169 g/mol. The minimum atomic E-state index is 0.00750. The molecule has 1 aliphatic heterocycles. The molecule has 1 heterocycles. The zero-order valence-electron chi connectivity index (χ0n) is 8.03. The van der Waals surface area contributed by atoms with Gasteiger partial charge in [0.25, 0.3) is 0 Å². The Morgan fingerprint density at radius 2 is 1.83 bits per heavy atom. The molecule has 70 valence electrons. The van der Waals surface area contributed by atoms with Crippen molar-refractivity contribution in [3.63, 3.8) is 0 Å². The van der Waals surface area contributed by atoms with Gasteiger partial charge in [-0.05, 0) is 24.7 Å². The molecule has 12 heavy (non-hydrogen) atoms. The average molecular weight is 169 g/mol. The van der Waals surface area contributed by atoms with Gasteiger partial charge in [-0.3, -0.25) is 4.90 Å². The Kier molecular flexibility index (Phi) is 2.13. The van der Waals surface area contributed by atoms with Gasteiger partial charge in [-0.2, -0.15) is 0 Å². The van der Waals surface area contributed by atoms with Crippen molar-refractivity contribution >= 4 is 0 Å². The smallest absolute Gasteiger partial charge is 0.0570 e. The summed E-state index contributed by atoms with van der Waals surface area (Å²) in [5, 5.41) is 9.14. The minimum Gasteiger partial charge on any atom is -0.393 e. The topological polar surface area (TPSA) is 23.5 Å². The predicted octanol–water partition coefficient (Wildman–Crippen LogP) is 1.10. The van der Waals surface area contributed by atoms with Crippen LogP contribution in [0.25, 0.3) is 0 Å². The molecule has 2 nitrogen and oxygen atoms in total. The fraction of sp³-hybridized carbons (Fsp3) is 1.00. The molecule has 0 atom stereocenters. The lowest BCUT2D eigenvalue weighted by atomic mass is 9.81. The molecule has 2 fully saturated rings. The first kappa shape index (κ1) is 8.52. The van der Waals surface area contributed by atoms with Crippen molar-refractivity contribution in [2.24, 2.45) is 11.8 Å². The SMILES string of the molecule is CC(C)C1CN(C2CC(O)C2)C1. The van der Waals surface area contributed by atoms with Crippen LogP contribution in [0.2, 0.25) is 0 Å². The van der Waals surface area contributed by atoms with E-state index in [4.69, 9.17) is 5.11 Å². The fourth-order valence-electron chi connectivity index (χ4n) is 2.13. The lowest BCUT2D eigenvalue weighted by molar-refractivity contribution is -0.0569. The lowest BCUT2D eigenvalue weighted by Gasteiger charge is -2.50. The summed E-state index contributed by atoms with van der Waals surface area (Å²) in [5.74, 6) is 1.76. The first-order valence-electron chi connectivity index (χ1n) is 5.09. The highest BCUT2D eigenvalue weighted by Crippen LogP contribution is 2.33. The molecule has 0 aromatic rings. The van der Waals surface area contributed by atoms with Gasteiger partial charge in [-0.1, -0.05) is 13.8 Å². The van der Waals surface area contributed by atoms with E-state index in [2.05, 4.69) is 18.7 Å². The summed E-state index contributed by atoms with van der Waals surface area (Å²) < 4.78 is 0. The maximum absolute atomic E-state index is 9.14. The van der Waals surface area contributed by atoms with Crippen molar-refractivity contribution < 1.29 is 5.11 Å². The van der Waals surface area contributed by atoms with Crippen molar-refractivity contribution in [1.82, 2.24) is 4.90 Å². The van der Waals surface area contributed by atoms with Crippen molar-refractivity contribution in [1.29, 1.82) is 0 Å². The number of hydrogen-bond donors (Lipinski definition) is 1. The Morgan fingerprint density at radius 3 is 2.25 bits per heavy atom. The van der Waals surface area contributed by atoms with Gasteiger partial charge in [0.05, 0.1) is 6.10 Å². The average Bonchev–Trinajstić information content (AvgIpc) is 1.79. The summed E-state index contributed by atoms with van der Waals surface area (Å²) in [6.45, 7) is 7.15. The molecule has 1 aliphatic carbocycles. The summed E-state index contributed by atoms with van der Waals surface area (Å²) >= 11 is 0. The van der Waals surface area contributed by atoms with Gasteiger partial charge in [0.2, 0.25) is 0 Å². The second-order valence-corrected chi connectivity index (χ2v) is 4.74. The highest BCUT2D eigenvalue weighted by molar-refractivity contribution is 4.93. The van der Waals surface area contributed by atoms with Crippen LogP contribution in [-0.4, -0.2) is 35.2 Å². The van der Waals surface area contributed by atoms with Crippen LogP contribution >= 0.6 is 0 Å². The minimum absolute atomic E-state index is 0.00750. The Hall–Kier alpha value is -0.0800. The molecule has 0 amide bonds. The molecule has 1 saturated carbocycles. The first-order chi connectivity index (χ1) is 5.66. The van der Waals surface area contributed by atoms with Crippen LogP contribution in [0.3, 0.4) is 0 Å². The molecule has 0 spiro atoms. The number of rotatable bonds is 2. The third-order valence-electron chi connectivity index (χ3n) is 3.49. The van der Waals surface area contributed by atoms with E-state index in [1.807, 2.05) is 0 Å². The Balaban J connectivity index is 1.68. The maximum Gasteiger partial charge on any atom is 0.0570 e. The van der Waals surface area contributed by atoms with E-state index in [-0.39, 0.29) is 6.10 Å². The highest BCUT2D eigenvalue weighted by Gasteiger charge is 2.39. The summed E-state index contributed by atoms with van der Waals surface area (Å²) in [4.78, 5) is 2.53. The van der Waals surface area contributed by atoms with Gasteiger partial charge in [-0.15, -0.1) is 0 Å². The molecule has 0 aromatic heterocycles. The molecule has 1 saturated heterocycles. The van der Waals surface area contributed by atoms with E-state index in [1.54, 1.807) is 0 Å². The van der Waals surface area contributed by atoms with E-state index in [9.17, 15) is 0 Å². The molecule has 2 heteroatoms. The molecule has 2 rings (SSSR count). The molecular formula is C10H19NO. The zero-order chi connectivity index (χ0) is 8.72. The van der Waals surface area contributed by atoms with Crippen molar-refractivity contribution in [2.75, 3.05) is 13.1 Å². The van der Waals surface area contributed by atoms with Crippen LogP contribution < -0.4 is 0 Å². The summed E-state index contributed by atoms with van der Waals surface area (Å²) in [6.07, 6.45) is 2.04. The first-order valence-corrected chi connectivity index (χ1v) is 5.09. The number of nitrogens with zero attached hydrogens (tertiary/aromatic N) is 1. The van der Waals surface area contributed by atoms with Crippen LogP contribution in [0.5, 0.6) is 0 Å². The maximum atomic E-state index is 9.14. The third-order valence-corrected chi connectivity index (χ3v) is 3.49. The second kappa shape index (κ2) is 3.00. The summed E-state index contributed by atoms with van der Waals surface area (Å²) in [7, 11) is 0. The zero-order valence-corrected chi connectivity index (χ0v) is 8.03.